The number of nitrogens with zero attached hydrogens (tertiary/aromatic N) is 2. The first-order chi connectivity index (χ1) is 8.76. The van der Waals surface area contributed by atoms with Gasteiger partial charge in [0.15, 0.2) is 11.6 Å². The third-order valence-corrected chi connectivity index (χ3v) is 3.28. The quantitative estimate of drug-likeness (QED) is 0.825. The van der Waals surface area contributed by atoms with E-state index in [0.717, 1.165) is 25.5 Å². The maximum atomic E-state index is 5.40. The van der Waals surface area contributed by atoms with Crippen LogP contribution in [-0.4, -0.2) is 43.4 Å². The van der Waals surface area contributed by atoms with Gasteiger partial charge >= 0.3 is 0 Å². The van der Waals surface area contributed by atoms with E-state index in [4.69, 9.17) is 9.47 Å². The molecular weight excluding hydrogens is 232 g/mol. The van der Waals surface area contributed by atoms with Gasteiger partial charge in [0, 0.05) is 25.6 Å². The second-order valence-corrected chi connectivity index (χ2v) is 4.41. The van der Waals surface area contributed by atoms with E-state index in [9.17, 15) is 0 Å². The fraction of sp³-hybridized carbons (Fsp3) is 0.667. The fourth-order valence-corrected chi connectivity index (χ4v) is 2.13. The first kappa shape index (κ1) is 12.9. The third kappa shape index (κ3) is 2.64. The van der Waals surface area contributed by atoms with Crippen LogP contribution in [0.1, 0.15) is 13.3 Å². The molecule has 2 heterocycles. The largest absolute Gasteiger partial charge is 0.490 e. The number of hydrogen-bond donors (Lipinski definition) is 2. The molecule has 6 nitrogen and oxygen atoms in total. The van der Waals surface area contributed by atoms with Crippen molar-refractivity contribution < 1.29 is 9.47 Å². The van der Waals surface area contributed by atoms with Crippen molar-refractivity contribution in [2.24, 2.45) is 5.92 Å². The molecule has 1 aromatic heterocycles. The summed E-state index contributed by atoms with van der Waals surface area (Å²) in [5, 5.41) is 6.37. The summed E-state index contributed by atoms with van der Waals surface area (Å²) >= 11 is 0. The highest BCUT2D eigenvalue weighted by atomic mass is 16.5. The standard InChI is InChI=1S/C12H20N4O2/c1-8(9-4-5-18-6-9)16-12-10(17-3)11(13-2)14-7-15-12/h7-9H,4-6H2,1-3H3,(H2,13,14,15,16). The zero-order chi connectivity index (χ0) is 13.0. The number of hydrogen-bond acceptors (Lipinski definition) is 6. The molecule has 2 N–H and O–H groups in total. The summed E-state index contributed by atoms with van der Waals surface area (Å²) in [5.41, 5.74) is 0. The Labute approximate surface area is 107 Å². The summed E-state index contributed by atoms with van der Waals surface area (Å²) in [4.78, 5) is 8.36. The van der Waals surface area contributed by atoms with Gasteiger partial charge in [-0.15, -0.1) is 0 Å². The number of rotatable bonds is 5. The van der Waals surface area contributed by atoms with Gasteiger partial charge in [-0.05, 0) is 13.3 Å². The molecule has 0 spiro atoms. The molecule has 0 amide bonds. The lowest BCUT2D eigenvalue weighted by Gasteiger charge is -2.21. The van der Waals surface area contributed by atoms with Crippen molar-refractivity contribution in [2.75, 3.05) is 38.0 Å². The van der Waals surface area contributed by atoms with Crippen molar-refractivity contribution in [1.82, 2.24) is 9.97 Å². The Kier molecular flexibility index (Phi) is 4.19. The Bertz CT molecular complexity index is 394. The zero-order valence-corrected chi connectivity index (χ0v) is 11.1. The van der Waals surface area contributed by atoms with Gasteiger partial charge in [-0.1, -0.05) is 0 Å². The van der Waals surface area contributed by atoms with E-state index in [0.29, 0.717) is 23.5 Å². The van der Waals surface area contributed by atoms with Crippen LogP contribution in [0.25, 0.3) is 0 Å². The topological polar surface area (TPSA) is 68.3 Å². The van der Waals surface area contributed by atoms with E-state index >= 15 is 0 Å². The van der Waals surface area contributed by atoms with Crippen molar-refractivity contribution in [3.8, 4) is 5.75 Å². The summed E-state index contributed by atoms with van der Waals surface area (Å²) in [5.74, 6) is 2.56. The highest BCUT2D eigenvalue weighted by Gasteiger charge is 2.23. The Balaban J connectivity index is 2.12. The molecule has 1 aliphatic rings. The second kappa shape index (κ2) is 5.86. The molecule has 1 fully saturated rings. The van der Waals surface area contributed by atoms with Crippen LogP contribution in [-0.2, 0) is 4.74 Å². The van der Waals surface area contributed by atoms with Crippen LogP contribution in [0.5, 0.6) is 5.75 Å². The second-order valence-electron chi connectivity index (χ2n) is 4.41. The van der Waals surface area contributed by atoms with E-state index in [1.165, 1.54) is 6.33 Å². The Morgan fingerprint density at radius 1 is 1.44 bits per heavy atom. The van der Waals surface area contributed by atoms with E-state index < -0.39 is 0 Å². The molecule has 6 heteroatoms. The van der Waals surface area contributed by atoms with Gasteiger partial charge in [0.05, 0.1) is 13.7 Å². The van der Waals surface area contributed by atoms with E-state index in [1.807, 2.05) is 7.05 Å². The molecule has 2 unspecified atom stereocenters. The molecule has 0 aromatic carbocycles. The third-order valence-electron chi connectivity index (χ3n) is 3.28. The number of ether oxygens (including phenoxy) is 2. The molecule has 1 aromatic rings. The molecule has 0 aliphatic carbocycles. The fourth-order valence-electron chi connectivity index (χ4n) is 2.13. The van der Waals surface area contributed by atoms with Crippen molar-refractivity contribution in [2.45, 2.75) is 19.4 Å². The SMILES string of the molecule is CNc1ncnc(NC(C)C2CCOC2)c1OC. The monoisotopic (exact) mass is 252 g/mol. The normalized spacial score (nSPS) is 20.5. The summed E-state index contributed by atoms with van der Waals surface area (Å²) in [7, 11) is 3.43. The van der Waals surface area contributed by atoms with Gasteiger partial charge in [0.1, 0.15) is 6.33 Å². The average Bonchev–Trinajstić information content (AvgIpc) is 2.92. The van der Waals surface area contributed by atoms with E-state index in [1.54, 1.807) is 7.11 Å². The maximum Gasteiger partial charge on any atom is 0.204 e. The molecule has 1 saturated heterocycles. The molecule has 0 bridgehead atoms. The van der Waals surface area contributed by atoms with Crippen LogP contribution in [0.4, 0.5) is 11.6 Å². The summed E-state index contributed by atoms with van der Waals surface area (Å²) < 4.78 is 10.8. The highest BCUT2D eigenvalue weighted by molar-refractivity contribution is 5.63. The smallest absolute Gasteiger partial charge is 0.204 e. The van der Waals surface area contributed by atoms with Crippen LogP contribution >= 0.6 is 0 Å². The van der Waals surface area contributed by atoms with Gasteiger partial charge in [-0.3, -0.25) is 0 Å². The minimum atomic E-state index is 0.293. The van der Waals surface area contributed by atoms with Gasteiger partial charge in [-0.2, -0.15) is 0 Å². The number of methoxy groups -OCH3 is 1. The number of nitrogens with one attached hydrogen (secondary N) is 2. The Morgan fingerprint density at radius 2 is 2.22 bits per heavy atom. The number of aromatic nitrogens is 2. The molecule has 0 saturated carbocycles. The van der Waals surface area contributed by atoms with Gasteiger partial charge < -0.3 is 20.1 Å². The summed E-state index contributed by atoms with van der Waals surface area (Å²) in [6.07, 6.45) is 2.61. The summed E-state index contributed by atoms with van der Waals surface area (Å²) in [6, 6.07) is 0.293. The summed E-state index contributed by atoms with van der Waals surface area (Å²) in [6.45, 7) is 3.79. The van der Waals surface area contributed by atoms with Crippen molar-refractivity contribution in [3.63, 3.8) is 0 Å². The van der Waals surface area contributed by atoms with Crippen LogP contribution in [0.2, 0.25) is 0 Å². The minimum absolute atomic E-state index is 0.293. The van der Waals surface area contributed by atoms with Gasteiger partial charge in [0.2, 0.25) is 5.75 Å². The van der Waals surface area contributed by atoms with Crippen molar-refractivity contribution in [1.29, 1.82) is 0 Å². The Hall–Kier alpha value is -1.56. The predicted molar refractivity (Wildman–Crippen MR) is 70.1 cm³/mol. The van der Waals surface area contributed by atoms with Gasteiger partial charge in [0.25, 0.3) is 0 Å². The van der Waals surface area contributed by atoms with Crippen LogP contribution in [0.15, 0.2) is 6.33 Å². The number of anilines is 2. The maximum absolute atomic E-state index is 5.40. The predicted octanol–water partition coefficient (Wildman–Crippen LogP) is 1.36. The minimum Gasteiger partial charge on any atom is -0.490 e. The first-order valence-electron chi connectivity index (χ1n) is 6.17. The van der Waals surface area contributed by atoms with E-state index in [2.05, 4.69) is 27.5 Å². The molecular formula is C12H20N4O2. The lowest BCUT2D eigenvalue weighted by molar-refractivity contribution is 0.183. The van der Waals surface area contributed by atoms with Crippen LogP contribution < -0.4 is 15.4 Å². The molecule has 1 aliphatic heterocycles. The molecule has 2 rings (SSSR count). The molecule has 100 valence electrons. The lowest BCUT2D eigenvalue weighted by atomic mass is 10.0. The zero-order valence-electron chi connectivity index (χ0n) is 11.1. The molecule has 2 atom stereocenters. The van der Waals surface area contributed by atoms with Crippen LogP contribution in [0, 0.1) is 5.92 Å². The van der Waals surface area contributed by atoms with E-state index in [-0.39, 0.29) is 0 Å². The van der Waals surface area contributed by atoms with Gasteiger partial charge in [-0.25, -0.2) is 9.97 Å². The first-order valence-corrected chi connectivity index (χ1v) is 6.17. The lowest BCUT2D eigenvalue weighted by Crippen LogP contribution is -2.27. The molecule has 18 heavy (non-hydrogen) atoms. The Morgan fingerprint density at radius 3 is 2.83 bits per heavy atom. The average molecular weight is 252 g/mol. The van der Waals surface area contributed by atoms with Crippen LogP contribution in [0.3, 0.4) is 0 Å². The highest BCUT2D eigenvalue weighted by Crippen LogP contribution is 2.30. The molecule has 0 radical (unpaired) electrons. The van der Waals surface area contributed by atoms with Crippen molar-refractivity contribution in [3.05, 3.63) is 6.33 Å². The van der Waals surface area contributed by atoms with Crippen molar-refractivity contribution >= 4 is 11.6 Å².